The maximum atomic E-state index is 12.2. The van der Waals surface area contributed by atoms with Crippen molar-refractivity contribution < 1.29 is 14.3 Å². The number of nitrogens with one attached hydrogen (secondary N) is 1. The van der Waals surface area contributed by atoms with Gasteiger partial charge in [-0.25, -0.2) is 4.98 Å². The molecule has 0 spiro atoms. The number of aromatic nitrogens is 1. The van der Waals surface area contributed by atoms with E-state index in [9.17, 15) is 4.79 Å². The van der Waals surface area contributed by atoms with Gasteiger partial charge in [0.25, 0.3) is 0 Å². The van der Waals surface area contributed by atoms with Crippen LogP contribution >= 0.6 is 11.3 Å². The molecule has 0 aliphatic rings. The average Bonchev–Trinajstić information content (AvgIpc) is 3.00. The standard InChI is InChI=1S/C19H18N2O3S/c1-12-4-7-15-17(10-12)25-19(20-15)21-18(22)9-5-13-11-14(23-2)6-8-16(13)24-3/h4-11H,1-3H3,(H,20,21,22)/b9-5+. The minimum atomic E-state index is -0.249. The van der Waals surface area contributed by atoms with Gasteiger partial charge in [0.2, 0.25) is 5.91 Å². The van der Waals surface area contributed by atoms with Crippen LogP contribution in [0, 0.1) is 6.92 Å². The molecule has 25 heavy (non-hydrogen) atoms. The molecular weight excluding hydrogens is 336 g/mol. The highest BCUT2D eigenvalue weighted by Crippen LogP contribution is 2.27. The van der Waals surface area contributed by atoms with Gasteiger partial charge >= 0.3 is 0 Å². The SMILES string of the molecule is COc1ccc(OC)c(/C=C/C(=O)Nc2nc3ccc(C)cc3s2)c1. The number of benzene rings is 2. The maximum Gasteiger partial charge on any atom is 0.250 e. The molecule has 0 aliphatic carbocycles. The second-order valence-corrected chi connectivity index (χ2v) is 6.45. The summed E-state index contributed by atoms with van der Waals surface area (Å²) in [6.45, 7) is 2.03. The van der Waals surface area contributed by atoms with Crippen LogP contribution in [0.5, 0.6) is 11.5 Å². The normalized spacial score (nSPS) is 11.0. The van der Waals surface area contributed by atoms with E-state index < -0.39 is 0 Å². The van der Waals surface area contributed by atoms with E-state index in [0.29, 0.717) is 16.6 Å². The Labute approximate surface area is 149 Å². The number of carbonyl (C=O) groups is 1. The number of hydrogen-bond donors (Lipinski definition) is 1. The van der Waals surface area contributed by atoms with Crippen molar-refractivity contribution in [3.8, 4) is 11.5 Å². The summed E-state index contributed by atoms with van der Waals surface area (Å²) in [6.07, 6.45) is 3.14. The van der Waals surface area contributed by atoms with Crippen molar-refractivity contribution in [2.75, 3.05) is 19.5 Å². The van der Waals surface area contributed by atoms with Crippen LogP contribution in [0.4, 0.5) is 5.13 Å². The van der Waals surface area contributed by atoms with Crippen LogP contribution < -0.4 is 14.8 Å². The number of thiazole rings is 1. The molecule has 128 valence electrons. The summed E-state index contributed by atoms with van der Waals surface area (Å²) in [7, 11) is 3.18. The fourth-order valence-corrected chi connectivity index (χ4v) is 3.33. The quantitative estimate of drug-likeness (QED) is 0.695. The van der Waals surface area contributed by atoms with Crippen LogP contribution in [0.3, 0.4) is 0 Å². The summed E-state index contributed by atoms with van der Waals surface area (Å²) >= 11 is 1.45. The highest BCUT2D eigenvalue weighted by Gasteiger charge is 2.07. The van der Waals surface area contributed by atoms with Gasteiger partial charge in [-0.15, -0.1) is 0 Å². The first-order valence-electron chi connectivity index (χ1n) is 7.67. The van der Waals surface area contributed by atoms with Gasteiger partial charge in [-0.1, -0.05) is 17.4 Å². The molecule has 3 rings (SSSR count). The van der Waals surface area contributed by atoms with E-state index in [1.54, 1.807) is 32.4 Å². The molecule has 6 heteroatoms. The Morgan fingerprint density at radius 1 is 1.16 bits per heavy atom. The summed E-state index contributed by atoms with van der Waals surface area (Å²) in [5.74, 6) is 1.11. The van der Waals surface area contributed by atoms with Gasteiger partial charge in [0, 0.05) is 11.6 Å². The van der Waals surface area contributed by atoms with E-state index in [1.807, 2.05) is 25.1 Å². The van der Waals surface area contributed by atoms with Gasteiger partial charge < -0.3 is 9.47 Å². The second-order valence-electron chi connectivity index (χ2n) is 5.42. The van der Waals surface area contributed by atoms with Gasteiger partial charge in [-0.05, 0) is 48.9 Å². The zero-order chi connectivity index (χ0) is 17.8. The van der Waals surface area contributed by atoms with E-state index in [0.717, 1.165) is 15.8 Å². The molecule has 0 aliphatic heterocycles. The van der Waals surface area contributed by atoms with Crippen LogP contribution in [0.2, 0.25) is 0 Å². The lowest BCUT2D eigenvalue weighted by Gasteiger charge is -2.07. The monoisotopic (exact) mass is 354 g/mol. The van der Waals surface area contributed by atoms with Crippen molar-refractivity contribution in [1.82, 2.24) is 4.98 Å². The lowest BCUT2D eigenvalue weighted by molar-refractivity contribution is -0.111. The molecule has 0 atom stereocenters. The fraction of sp³-hybridized carbons (Fsp3) is 0.158. The first kappa shape index (κ1) is 17.0. The third-order valence-electron chi connectivity index (χ3n) is 3.63. The van der Waals surface area contributed by atoms with Crippen LogP contribution in [0.1, 0.15) is 11.1 Å². The molecule has 1 heterocycles. The summed E-state index contributed by atoms with van der Waals surface area (Å²) in [5.41, 5.74) is 2.81. The first-order chi connectivity index (χ1) is 12.1. The predicted molar refractivity (Wildman–Crippen MR) is 102 cm³/mol. The Bertz CT molecular complexity index is 947. The Morgan fingerprint density at radius 2 is 2.00 bits per heavy atom. The van der Waals surface area contributed by atoms with E-state index in [1.165, 1.54) is 23.0 Å². The number of amides is 1. The van der Waals surface area contributed by atoms with E-state index in [-0.39, 0.29) is 5.91 Å². The number of anilines is 1. The second kappa shape index (κ2) is 7.36. The molecule has 1 N–H and O–H groups in total. The minimum absolute atomic E-state index is 0.249. The summed E-state index contributed by atoms with van der Waals surface area (Å²) < 4.78 is 11.5. The molecule has 3 aromatic rings. The number of nitrogens with zero attached hydrogens (tertiary/aromatic N) is 1. The Morgan fingerprint density at radius 3 is 2.76 bits per heavy atom. The number of hydrogen-bond acceptors (Lipinski definition) is 5. The molecule has 0 saturated carbocycles. The summed E-state index contributed by atoms with van der Waals surface area (Å²) in [6, 6.07) is 11.4. The Hall–Kier alpha value is -2.86. The molecule has 5 nitrogen and oxygen atoms in total. The predicted octanol–water partition coefficient (Wildman–Crippen LogP) is 4.27. The highest BCUT2D eigenvalue weighted by atomic mass is 32.1. The number of ether oxygens (including phenoxy) is 2. The van der Waals surface area contributed by atoms with E-state index >= 15 is 0 Å². The highest BCUT2D eigenvalue weighted by molar-refractivity contribution is 7.22. The molecule has 0 fully saturated rings. The van der Waals surface area contributed by atoms with Crippen molar-refractivity contribution in [3.05, 3.63) is 53.6 Å². The van der Waals surface area contributed by atoms with Crippen LogP contribution in [0.25, 0.3) is 16.3 Å². The van der Waals surface area contributed by atoms with Gasteiger partial charge in [0.1, 0.15) is 11.5 Å². The zero-order valence-corrected chi connectivity index (χ0v) is 15.0. The van der Waals surface area contributed by atoms with Crippen molar-refractivity contribution >= 4 is 38.7 Å². The van der Waals surface area contributed by atoms with Crippen molar-refractivity contribution in [2.45, 2.75) is 6.92 Å². The number of methoxy groups -OCH3 is 2. The third kappa shape index (κ3) is 3.97. The lowest BCUT2D eigenvalue weighted by atomic mass is 10.1. The van der Waals surface area contributed by atoms with Crippen molar-refractivity contribution in [2.24, 2.45) is 0 Å². The number of carbonyl (C=O) groups excluding carboxylic acids is 1. The fourth-order valence-electron chi connectivity index (χ4n) is 2.37. The van der Waals surface area contributed by atoms with Gasteiger partial charge in [-0.2, -0.15) is 0 Å². The molecule has 1 aromatic heterocycles. The van der Waals surface area contributed by atoms with E-state index in [4.69, 9.17) is 9.47 Å². The molecule has 0 saturated heterocycles. The van der Waals surface area contributed by atoms with Crippen molar-refractivity contribution in [3.63, 3.8) is 0 Å². The zero-order valence-electron chi connectivity index (χ0n) is 14.2. The number of fused-ring (bicyclic) bond motifs is 1. The molecule has 1 amide bonds. The largest absolute Gasteiger partial charge is 0.497 e. The first-order valence-corrected chi connectivity index (χ1v) is 8.49. The maximum absolute atomic E-state index is 12.2. The van der Waals surface area contributed by atoms with Gasteiger partial charge in [-0.3, -0.25) is 10.1 Å². The minimum Gasteiger partial charge on any atom is -0.497 e. The lowest BCUT2D eigenvalue weighted by Crippen LogP contribution is -2.07. The average molecular weight is 354 g/mol. The summed E-state index contributed by atoms with van der Waals surface area (Å²) in [5, 5.41) is 3.37. The molecule has 0 radical (unpaired) electrons. The summed E-state index contributed by atoms with van der Waals surface area (Å²) in [4.78, 5) is 16.6. The number of rotatable bonds is 5. The topological polar surface area (TPSA) is 60.5 Å². The van der Waals surface area contributed by atoms with Crippen LogP contribution in [-0.2, 0) is 4.79 Å². The molecule has 2 aromatic carbocycles. The van der Waals surface area contributed by atoms with Crippen molar-refractivity contribution in [1.29, 1.82) is 0 Å². The van der Waals surface area contributed by atoms with Crippen LogP contribution in [-0.4, -0.2) is 25.1 Å². The van der Waals surface area contributed by atoms with Crippen LogP contribution in [0.15, 0.2) is 42.5 Å². The van der Waals surface area contributed by atoms with E-state index in [2.05, 4.69) is 16.4 Å². The Balaban J connectivity index is 1.76. The number of aryl methyl sites for hydroxylation is 1. The third-order valence-corrected chi connectivity index (χ3v) is 4.56. The van der Waals surface area contributed by atoms with Gasteiger partial charge in [0.15, 0.2) is 5.13 Å². The molecule has 0 bridgehead atoms. The Kier molecular flexibility index (Phi) is 5.00. The molecular formula is C19H18N2O3S. The van der Waals surface area contributed by atoms with Gasteiger partial charge in [0.05, 0.1) is 24.4 Å². The molecule has 0 unspecified atom stereocenters. The smallest absolute Gasteiger partial charge is 0.250 e.